The van der Waals surface area contributed by atoms with Gasteiger partial charge in [-0.25, -0.2) is 0 Å². The predicted octanol–water partition coefficient (Wildman–Crippen LogP) is 3.83. The molecule has 0 aliphatic heterocycles. The highest BCUT2D eigenvalue weighted by molar-refractivity contribution is 6.30. The molecule has 0 radical (unpaired) electrons. The van der Waals surface area contributed by atoms with Crippen molar-refractivity contribution in [2.75, 3.05) is 0 Å². The summed E-state index contributed by atoms with van der Waals surface area (Å²) in [5, 5.41) is 7.91. The van der Waals surface area contributed by atoms with Crippen LogP contribution in [0.25, 0.3) is 11.4 Å². The van der Waals surface area contributed by atoms with Crippen LogP contribution in [0.1, 0.15) is 24.6 Å². The second kappa shape index (κ2) is 6.11. The van der Waals surface area contributed by atoms with Gasteiger partial charge in [-0.1, -0.05) is 16.8 Å². The Morgan fingerprint density at radius 3 is 2.76 bits per heavy atom. The summed E-state index contributed by atoms with van der Waals surface area (Å²) in [4.78, 5) is 4.35. The quantitative estimate of drug-likeness (QED) is 0.776. The average molecular weight is 304 g/mol. The fraction of sp³-hybridized carbons (Fsp3) is 0.200. The molecule has 0 bridgehead atoms. The van der Waals surface area contributed by atoms with E-state index < -0.39 is 0 Å². The molecule has 0 amide bonds. The summed E-state index contributed by atoms with van der Waals surface area (Å²) in [6.07, 6.45) is 1.65. The highest BCUT2D eigenvalue weighted by atomic mass is 35.5. The number of nitrogens with one attached hydrogen (secondary N) is 1. The Balaban J connectivity index is 1.64. The fourth-order valence-electron chi connectivity index (χ4n) is 1.92. The van der Waals surface area contributed by atoms with Gasteiger partial charge in [0.1, 0.15) is 5.76 Å². The van der Waals surface area contributed by atoms with Crippen LogP contribution in [0.3, 0.4) is 0 Å². The van der Waals surface area contributed by atoms with E-state index in [1.165, 1.54) is 0 Å². The van der Waals surface area contributed by atoms with Crippen molar-refractivity contribution >= 4 is 11.6 Å². The van der Waals surface area contributed by atoms with Crippen LogP contribution in [-0.4, -0.2) is 10.1 Å². The first-order valence-electron chi connectivity index (χ1n) is 6.57. The van der Waals surface area contributed by atoms with Gasteiger partial charge in [-0.2, -0.15) is 4.98 Å². The first-order valence-corrected chi connectivity index (χ1v) is 6.95. The molecule has 5 nitrogen and oxygen atoms in total. The molecular weight excluding hydrogens is 290 g/mol. The molecule has 108 valence electrons. The van der Waals surface area contributed by atoms with Crippen LogP contribution in [0.5, 0.6) is 0 Å². The third kappa shape index (κ3) is 3.32. The minimum absolute atomic E-state index is 0.0749. The summed E-state index contributed by atoms with van der Waals surface area (Å²) in [7, 11) is 0. The molecule has 0 aliphatic rings. The van der Waals surface area contributed by atoms with E-state index >= 15 is 0 Å². The third-order valence-electron chi connectivity index (χ3n) is 3.10. The zero-order valence-corrected chi connectivity index (χ0v) is 12.2. The molecule has 0 unspecified atom stereocenters. The zero-order valence-electron chi connectivity index (χ0n) is 11.4. The van der Waals surface area contributed by atoms with Crippen LogP contribution in [0.4, 0.5) is 0 Å². The van der Waals surface area contributed by atoms with Crippen molar-refractivity contribution in [1.82, 2.24) is 15.5 Å². The first kappa shape index (κ1) is 13.9. The van der Waals surface area contributed by atoms with E-state index in [1.54, 1.807) is 18.4 Å². The second-order valence-corrected chi connectivity index (χ2v) is 5.07. The minimum atomic E-state index is 0.0749. The lowest BCUT2D eigenvalue weighted by atomic mass is 10.2. The molecule has 2 heterocycles. The Morgan fingerprint density at radius 2 is 2.05 bits per heavy atom. The molecule has 0 spiro atoms. The molecule has 0 saturated heterocycles. The highest BCUT2D eigenvalue weighted by Gasteiger charge is 2.12. The molecule has 0 saturated carbocycles. The molecule has 3 rings (SSSR count). The summed E-state index contributed by atoms with van der Waals surface area (Å²) < 4.78 is 10.6. The summed E-state index contributed by atoms with van der Waals surface area (Å²) in [5.74, 6) is 1.94. The van der Waals surface area contributed by atoms with E-state index in [1.807, 2.05) is 31.2 Å². The number of halogens is 1. The third-order valence-corrected chi connectivity index (χ3v) is 3.35. The Labute approximate surface area is 126 Å². The Kier molecular flexibility index (Phi) is 4.03. The van der Waals surface area contributed by atoms with E-state index in [2.05, 4.69) is 15.5 Å². The number of nitrogens with zero attached hydrogens (tertiary/aromatic N) is 2. The van der Waals surface area contributed by atoms with Crippen LogP contribution in [-0.2, 0) is 6.54 Å². The van der Waals surface area contributed by atoms with Gasteiger partial charge in [0, 0.05) is 10.6 Å². The molecule has 2 aromatic heterocycles. The first-order chi connectivity index (χ1) is 10.2. The second-order valence-electron chi connectivity index (χ2n) is 4.64. The van der Waals surface area contributed by atoms with Crippen LogP contribution in [0, 0.1) is 0 Å². The van der Waals surface area contributed by atoms with Gasteiger partial charge in [0.05, 0.1) is 18.8 Å². The number of aromatic nitrogens is 2. The van der Waals surface area contributed by atoms with Gasteiger partial charge in [0.15, 0.2) is 0 Å². The molecule has 1 aromatic carbocycles. The molecule has 1 N–H and O–H groups in total. The molecule has 0 fully saturated rings. The van der Waals surface area contributed by atoms with Gasteiger partial charge < -0.3 is 8.94 Å². The highest BCUT2D eigenvalue weighted by Crippen LogP contribution is 2.19. The molecule has 21 heavy (non-hydrogen) atoms. The molecule has 6 heteroatoms. The van der Waals surface area contributed by atoms with Gasteiger partial charge >= 0.3 is 0 Å². The largest absolute Gasteiger partial charge is 0.468 e. The lowest BCUT2D eigenvalue weighted by Crippen LogP contribution is -2.17. The van der Waals surface area contributed by atoms with Crippen molar-refractivity contribution in [1.29, 1.82) is 0 Å². The Morgan fingerprint density at radius 1 is 1.24 bits per heavy atom. The Bertz CT molecular complexity index is 692. The summed E-state index contributed by atoms with van der Waals surface area (Å²) in [6.45, 7) is 2.48. The van der Waals surface area contributed by atoms with Crippen LogP contribution >= 0.6 is 11.6 Å². The van der Waals surface area contributed by atoms with Gasteiger partial charge in [-0.15, -0.1) is 0 Å². The predicted molar refractivity (Wildman–Crippen MR) is 78.7 cm³/mol. The summed E-state index contributed by atoms with van der Waals surface area (Å²) in [5.41, 5.74) is 0.869. The minimum Gasteiger partial charge on any atom is -0.468 e. The molecular formula is C15H14ClN3O2. The van der Waals surface area contributed by atoms with E-state index in [-0.39, 0.29) is 6.04 Å². The lowest BCUT2D eigenvalue weighted by molar-refractivity contribution is 0.350. The maximum Gasteiger partial charge on any atom is 0.240 e. The van der Waals surface area contributed by atoms with Crippen molar-refractivity contribution in [3.63, 3.8) is 0 Å². The molecule has 0 aliphatic carbocycles. The maximum atomic E-state index is 5.85. The van der Waals surface area contributed by atoms with Gasteiger partial charge in [-0.3, -0.25) is 5.32 Å². The van der Waals surface area contributed by atoms with Crippen LogP contribution in [0.15, 0.2) is 51.6 Å². The van der Waals surface area contributed by atoms with Crippen molar-refractivity contribution in [2.45, 2.75) is 19.5 Å². The normalized spacial score (nSPS) is 12.5. The van der Waals surface area contributed by atoms with Crippen molar-refractivity contribution < 1.29 is 8.94 Å². The number of furan rings is 1. The zero-order chi connectivity index (χ0) is 14.7. The Hall–Kier alpha value is -2.11. The van der Waals surface area contributed by atoms with Crippen molar-refractivity contribution in [3.05, 3.63) is 59.3 Å². The fourth-order valence-corrected chi connectivity index (χ4v) is 2.05. The topological polar surface area (TPSA) is 64.1 Å². The summed E-state index contributed by atoms with van der Waals surface area (Å²) in [6, 6.07) is 11.2. The lowest BCUT2D eigenvalue weighted by Gasteiger charge is -2.08. The van der Waals surface area contributed by atoms with E-state index in [0.717, 1.165) is 11.3 Å². The summed E-state index contributed by atoms with van der Waals surface area (Å²) >= 11 is 5.85. The van der Waals surface area contributed by atoms with Crippen molar-refractivity contribution in [2.24, 2.45) is 0 Å². The van der Waals surface area contributed by atoms with E-state index in [4.69, 9.17) is 20.5 Å². The van der Waals surface area contributed by atoms with Gasteiger partial charge in [-0.05, 0) is 43.3 Å². The van der Waals surface area contributed by atoms with E-state index in [0.29, 0.717) is 23.3 Å². The molecule has 3 aromatic rings. The van der Waals surface area contributed by atoms with Gasteiger partial charge in [0.25, 0.3) is 0 Å². The maximum absolute atomic E-state index is 5.85. The van der Waals surface area contributed by atoms with Crippen LogP contribution in [0.2, 0.25) is 5.02 Å². The molecule has 1 atom stereocenters. The van der Waals surface area contributed by atoms with Gasteiger partial charge in [0.2, 0.25) is 11.7 Å². The van der Waals surface area contributed by atoms with Crippen LogP contribution < -0.4 is 5.32 Å². The smallest absolute Gasteiger partial charge is 0.240 e. The van der Waals surface area contributed by atoms with E-state index in [9.17, 15) is 0 Å². The SMILES string of the molecule is C[C@H](NCc1nc(-c2ccc(Cl)cc2)no1)c1ccco1. The number of rotatable bonds is 5. The monoisotopic (exact) mass is 303 g/mol. The number of benzene rings is 1. The van der Waals surface area contributed by atoms with Crippen molar-refractivity contribution in [3.8, 4) is 11.4 Å². The average Bonchev–Trinajstić information content (AvgIpc) is 3.17. The number of hydrogen-bond acceptors (Lipinski definition) is 5. The standard InChI is InChI=1S/C15H14ClN3O2/c1-10(13-3-2-8-20-13)17-9-14-18-15(19-21-14)11-4-6-12(16)7-5-11/h2-8,10,17H,9H2,1H3/t10-/m0/s1. The number of hydrogen-bond donors (Lipinski definition) is 1.